The molecule has 0 saturated carbocycles. The molecule has 1 aromatic heterocycles. The fourth-order valence-electron chi connectivity index (χ4n) is 6.15. The molecular weight excluding hydrogens is 545 g/mol. The number of aromatic hydroxyl groups is 1. The van der Waals surface area contributed by atoms with Gasteiger partial charge in [-0.15, -0.1) is 5.10 Å². The van der Waals surface area contributed by atoms with Gasteiger partial charge in [0.15, 0.2) is 6.29 Å². The van der Waals surface area contributed by atoms with Gasteiger partial charge >= 0.3 is 0 Å². The Morgan fingerprint density at radius 3 is 2.49 bits per heavy atom. The first-order chi connectivity index (χ1) is 21.0. The van der Waals surface area contributed by atoms with Gasteiger partial charge in [0.05, 0.1) is 18.8 Å². The van der Waals surface area contributed by atoms with Gasteiger partial charge in [-0.3, -0.25) is 4.79 Å². The van der Waals surface area contributed by atoms with Crippen LogP contribution in [-0.4, -0.2) is 89.9 Å². The highest BCUT2D eigenvalue weighted by atomic mass is 16.7. The van der Waals surface area contributed by atoms with E-state index >= 15 is 0 Å². The molecule has 0 bridgehead atoms. The van der Waals surface area contributed by atoms with E-state index in [2.05, 4.69) is 15.2 Å². The van der Waals surface area contributed by atoms with Crippen LogP contribution in [0.5, 0.6) is 5.75 Å². The molecule has 43 heavy (non-hydrogen) atoms. The number of hydrogen-bond donors (Lipinski definition) is 1. The fourth-order valence-corrected chi connectivity index (χ4v) is 6.15. The molecule has 3 aliphatic heterocycles. The summed E-state index contributed by atoms with van der Waals surface area (Å²) >= 11 is 0. The third-order valence-corrected chi connectivity index (χ3v) is 8.42. The van der Waals surface area contributed by atoms with Gasteiger partial charge in [0.25, 0.3) is 5.91 Å². The Hall–Kier alpha value is -4.19. The second kappa shape index (κ2) is 11.8. The molecule has 3 fully saturated rings. The lowest BCUT2D eigenvalue weighted by Gasteiger charge is -2.46. The summed E-state index contributed by atoms with van der Waals surface area (Å²) in [4.78, 5) is 17.9. The molecule has 0 aliphatic carbocycles. The van der Waals surface area contributed by atoms with Gasteiger partial charge in [-0.1, -0.05) is 65.3 Å². The highest BCUT2D eigenvalue weighted by molar-refractivity contribution is 6.32. The van der Waals surface area contributed by atoms with E-state index in [1.807, 2.05) is 77.8 Å². The van der Waals surface area contributed by atoms with Crippen molar-refractivity contribution in [3.63, 3.8) is 0 Å². The third kappa shape index (κ3) is 5.75. The third-order valence-electron chi connectivity index (χ3n) is 8.42. The predicted octanol–water partition coefficient (Wildman–Crippen LogP) is 2.61. The van der Waals surface area contributed by atoms with E-state index in [0.717, 1.165) is 16.8 Å². The molecule has 0 spiro atoms. The van der Waals surface area contributed by atoms with Crippen LogP contribution in [0.3, 0.4) is 0 Å². The summed E-state index contributed by atoms with van der Waals surface area (Å²) in [6, 6.07) is 24.2. The number of ether oxygens (including phenoxy) is 3. The number of amides is 1. The van der Waals surface area contributed by atoms with Gasteiger partial charge in [-0.05, 0) is 24.3 Å². The van der Waals surface area contributed by atoms with Crippen LogP contribution in [0, 0.1) is 0 Å². The summed E-state index contributed by atoms with van der Waals surface area (Å²) in [5.41, 5.74) is 4.14. The van der Waals surface area contributed by atoms with Crippen molar-refractivity contribution in [2.45, 2.75) is 37.1 Å². The number of aromatic nitrogens is 3. The standard InChI is InChI=1S/C32H32BN5O5/c33-23-8-4-7-22(17-23)26-19-38(35-34-26)27-18-28(42-29-20-41-32(43-30(27)29)21-5-2-1-3-6-21)31(40)37-15-13-36(14-16-37)24-9-11-25(39)12-10-24/h1-12,17,19,27-30,32,39H,13-16,18,20H2. The summed E-state index contributed by atoms with van der Waals surface area (Å²) in [6.07, 6.45) is 0.198. The number of carbonyl (C=O) groups is 1. The van der Waals surface area contributed by atoms with Gasteiger partial charge in [0.2, 0.25) is 0 Å². The molecule has 10 nitrogen and oxygen atoms in total. The first kappa shape index (κ1) is 27.6. The van der Waals surface area contributed by atoms with E-state index in [4.69, 9.17) is 22.1 Å². The normalized spacial score (nSPS) is 25.7. The molecule has 3 aromatic carbocycles. The Morgan fingerprint density at radius 1 is 0.930 bits per heavy atom. The Balaban J connectivity index is 1.11. The fraction of sp³-hybridized carbons (Fsp3) is 0.344. The predicted molar refractivity (Wildman–Crippen MR) is 160 cm³/mol. The van der Waals surface area contributed by atoms with Crippen LogP contribution < -0.4 is 10.4 Å². The molecule has 1 amide bonds. The molecule has 4 heterocycles. The number of benzene rings is 3. The molecule has 1 N–H and O–H groups in total. The van der Waals surface area contributed by atoms with Gasteiger partial charge in [-0.2, -0.15) is 0 Å². The average molecular weight is 577 g/mol. The minimum atomic E-state index is -0.674. The molecule has 5 atom stereocenters. The van der Waals surface area contributed by atoms with E-state index in [1.165, 1.54) is 0 Å². The van der Waals surface area contributed by atoms with Crippen LogP contribution in [0.4, 0.5) is 5.69 Å². The Morgan fingerprint density at radius 2 is 1.72 bits per heavy atom. The molecule has 3 saturated heterocycles. The maximum atomic E-state index is 13.9. The summed E-state index contributed by atoms with van der Waals surface area (Å²) in [5, 5.41) is 18.5. The summed E-state index contributed by atoms with van der Waals surface area (Å²) < 4.78 is 20.8. The molecule has 5 unspecified atom stereocenters. The van der Waals surface area contributed by atoms with Crippen molar-refractivity contribution in [3.8, 4) is 17.0 Å². The highest BCUT2D eigenvalue weighted by Gasteiger charge is 2.48. The Labute approximate surface area is 251 Å². The first-order valence-corrected chi connectivity index (χ1v) is 14.6. The number of carbonyl (C=O) groups excluding carboxylic acids is 1. The lowest BCUT2D eigenvalue weighted by Crippen LogP contribution is -2.58. The number of phenols is 1. The van der Waals surface area contributed by atoms with E-state index in [-0.39, 0.29) is 24.3 Å². The van der Waals surface area contributed by atoms with Crippen molar-refractivity contribution in [2.24, 2.45) is 0 Å². The monoisotopic (exact) mass is 577 g/mol. The quantitative estimate of drug-likeness (QED) is 0.362. The molecule has 11 heteroatoms. The lowest BCUT2D eigenvalue weighted by molar-refractivity contribution is -0.298. The van der Waals surface area contributed by atoms with E-state index in [9.17, 15) is 9.90 Å². The maximum absolute atomic E-state index is 13.9. The number of fused-ring (bicyclic) bond motifs is 1. The van der Waals surface area contributed by atoms with Crippen LogP contribution in [0.15, 0.2) is 85.1 Å². The molecule has 2 radical (unpaired) electrons. The zero-order valence-corrected chi connectivity index (χ0v) is 23.6. The SMILES string of the molecule is [B]c1cccc(-c2cn(C3CC(C(=O)N4CCN(c5ccc(O)cc5)CC4)OC4COC(c5ccccc5)OC43)nn2)c1. The molecule has 218 valence electrons. The topological polar surface area (TPSA) is 102 Å². The first-order valence-electron chi connectivity index (χ1n) is 14.6. The van der Waals surface area contributed by atoms with Gasteiger partial charge in [0, 0.05) is 49.4 Å². The lowest BCUT2D eigenvalue weighted by atomic mass is 9.93. The van der Waals surface area contributed by atoms with Crippen molar-refractivity contribution in [3.05, 3.63) is 90.6 Å². The summed E-state index contributed by atoms with van der Waals surface area (Å²) in [7, 11) is 6.01. The van der Waals surface area contributed by atoms with Crippen LogP contribution in [-0.2, 0) is 19.0 Å². The number of hydrogen-bond acceptors (Lipinski definition) is 8. The van der Waals surface area contributed by atoms with Crippen LogP contribution in [0.2, 0.25) is 0 Å². The Kier molecular flexibility index (Phi) is 7.60. The van der Waals surface area contributed by atoms with Gasteiger partial charge in [0.1, 0.15) is 37.6 Å². The van der Waals surface area contributed by atoms with Crippen molar-refractivity contribution in [1.82, 2.24) is 19.9 Å². The molecule has 4 aromatic rings. The second-order valence-corrected chi connectivity index (χ2v) is 11.2. The van der Waals surface area contributed by atoms with E-state index in [1.54, 1.807) is 16.8 Å². The van der Waals surface area contributed by atoms with Crippen molar-refractivity contribution in [2.75, 3.05) is 37.7 Å². The number of rotatable bonds is 5. The minimum Gasteiger partial charge on any atom is -0.508 e. The summed E-state index contributed by atoms with van der Waals surface area (Å²) in [6.45, 7) is 2.82. The number of anilines is 1. The maximum Gasteiger partial charge on any atom is 0.251 e. The van der Waals surface area contributed by atoms with Gasteiger partial charge in [-0.25, -0.2) is 4.68 Å². The molecule has 7 rings (SSSR count). The second-order valence-electron chi connectivity index (χ2n) is 11.2. The number of phenolic OH excluding ortho intramolecular Hbond substituents is 1. The van der Waals surface area contributed by atoms with Crippen LogP contribution in [0.25, 0.3) is 11.3 Å². The Bertz CT molecular complexity index is 1560. The van der Waals surface area contributed by atoms with Crippen molar-refractivity contribution < 1.29 is 24.1 Å². The van der Waals surface area contributed by atoms with E-state index < -0.39 is 24.6 Å². The number of piperazine rings is 1. The van der Waals surface area contributed by atoms with E-state index in [0.29, 0.717) is 43.8 Å². The summed E-state index contributed by atoms with van der Waals surface area (Å²) in [5.74, 6) is 0.188. The van der Waals surface area contributed by atoms with Crippen LogP contribution in [0.1, 0.15) is 24.3 Å². The molecule has 3 aliphatic rings. The highest BCUT2D eigenvalue weighted by Crippen LogP contribution is 2.39. The smallest absolute Gasteiger partial charge is 0.251 e. The zero-order valence-electron chi connectivity index (χ0n) is 23.6. The minimum absolute atomic E-state index is 0.0461. The van der Waals surface area contributed by atoms with Gasteiger partial charge < -0.3 is 29.1 Å². The van der Waals surface area contributed by atoms with Crippen molar-refractivity contribution >= 4 is 24.9 Å². The zero-order chi connectivity index (χ0) is 29.3. The number of nitrogens with zero attached hydrogens (tertiary/aromatic N) is 5. The largest absolute Gasteiger partial charge is 0.508 e. The van der Waals surface area contributed by atoms with Crippen molar-refractivity contribution in [1.29, 1.82) is 0 Å². The van der Waals surface area contributed by atoms with Crippen LogP contribution >= 0.6 is 0 Å². The molecular formula is C32H32BN5O5. The average Bonchev–Trinajstić information content (AvgIpc) is 3.55.